The highest BCUT2D eigenvalue weighted by molar-refractivity contribution is 7.89. The third kappa shape index (κ3) is 3.60. The smallest absolute Gasteiger partial charge is 0.258 e. The molecule has 0 spiro atoms. The Hall–Kier alpha value is -3.44. The van der Waals surface area contributed by atoms with Gasteiger partial charge < -0.3 is 4.52 Å². The van der Waals surface area contributed by atoms with Gasteiger partial charge in [0.1, 0.15) is 6.04 Å². The van der Waals surface area contributed by atoms with E-state index in [1.54, 1.807) is 38.4 Å². The molecule has 30 heavy (non-hydrogen) atoms. The minimum atomic E-state index is -4.05. The number of fused-ring (bicyclic) bond motifs is 1. The van der Waals surface area contributed by atoms with E-state index in [9.17, 15) is 18.0 Å². The molecule has 154 valence electrons. The molecular formula is C19H17N5O5S. The monoisotopic (exact) mass is 427 g/mol. The number of rotatable bonds is 6. The van der Waals surface area contributed by atoms with Crippen molar-refractivity contribution in [1.82, 2.24) is 25.2 Å². The van der Waals surface area contributed by atoms with Gasteiger partial charge in [-0.15, -0.1) is 0 Å². The summed E-state index contributed by atoms with van der Waals surface area (Å²) >= 11 is 0. The summed E-state index contributed by atoms with van der Waals surface area (Å²) in [4.78, 5) is 31.7. The van der Waals surface area contributed by atoms with Crippen molar-refractivity contribution in [2.75, 3.05) is 0 Å². The van der Waals surface area contributed by atoms with Crippen LogP contribution < -0.4 is 10.0 Å². The highest BCUT2D eigenvalue weighted by atomic mass is 32.2. The summed E-state index contributed by atoms with van der Waals surface area (Å²) in [5.74, 6) is -1.02. The highest BCUT2D eigenvalue weighted by Gasteiger charge is 2.32. The molecule has 3 heterocycles. The molecule has 4 rings (SSSR count). The van der Waals surface area contributed by atoms with Crippen molar-refractivity contribution in [2.24, 2.45) is 5.92 Å². The van der Waals surface area contributed by atoms with Crippen LogP contribution >= 0.6 is 0 Å². The molecule has 1 unspecified atom stereocenters. The molecule has 2 amide bonds. The Labute approximate surface area is 171 Å². The number of hydrogen-bond donors (Lipinski definition) is 2. The normalized spacial score (nSPS) is 14.6. The quantitative estimate of drug-likeness (QED) is 0.566. The maximum Gasteiger partial charge on any atom is 0.258 e. The number of carbonyl (C=O) groups excluding carboxylic acids is 2. The maximum absolute atomic E-state index is 13.0. The molecule has 1 atom stereocenters. The topological polar surface area (TPSA) is 144 Å². The van der Waals surface area contributed by atoms with Gasteiger partial charge in [-0.3, -0.25) is 19.9 Å². The van der Waals surface area contributed by atoms with E-state index in [1.807, 2.05) is 0 Å². The summed E-state index contributed by atoms with van der Waals surface area (Å²) in [5.41, 5.74) is 0.783. The number of imide groups is 1. The Balaban J connectivity index is 1.64. The lowest BCUT2D eigenvalue weighted by molar-refractivity contribution is 0.0879. The number of sulfonamides is 1. The van der Waals surface area contributed by atoms with Gasteiger partial charge in [-0.25, -0.2) is 8.42 Å². The molecule has 10 nitrogen and oxygen atoms in total. The SMILES string of the molecule is CC(C)C(NS(=O)(=O)c1ccc2c(c1)C(=O)NC2=O)c1nc(-c2cccnc2)no1. The van der Waals surface area contributed by atoms with Crippen molar-refractivity contribution < 1.29 is 22.5 Å². The van der Waals surface area contributed by atoms with Gasteiger partial charge in [-0.1, -0.05) is 19.0 Å². The van der Waals surface area contributed by atoms with E-state index in [-0.39, 0.29) is 33.7 Å². The lowest BCUT2D eigenvalue weighted by Gasteiger charge is -2.18. The molecule has 1 aromatic carbocycles. The minimum Gasteiger partial charge on any atom is -0.337 e. The lowest BCUT2D eigenvalue weighted by atomic mass is 10.1. The zero-order chi connectivity index (χ0) is 21.5. The number of carbonyl (C=O) groups is 2. The third-order valence-corrected chi connectivity index (χ3v) is 6.03. The van der Waals surface area contributed by atoms with Crippen molar-refractivity contribution in [3.8, 4) is 11.4 Å². The van der Waals surface area contributed by atoms with Crippen LogP contribution in [0.25, 0.3) is 11.4 Å². The zero-order valence-corrected chi connectivity index (χ0v) is 16.8. The molecule has 0 saturated carbocycles. The van der Waals surface area contributed by atoms with Gasteiger partial charge in [0.25, 0.3) is 11.8 Å². The first-order chi connectivity index (χ1) is 14.3. The molecule has 1 aliphatic heterocycles. The van der Waals surface area contributed by atoms with Gasteiger partial charge in [0.15, 0.2) is 0 Å². The molecule has 0 saturated heterocycles. The van der Waals surface area contributed by atoms with E-state index in [4.69, 9.17) is 4.52 Å². The number of nitrogens with one attached hydrogen (secondary N) is 2. The van der Waals surface area contributed by atoms with Crippen LogP contribution in [-0.2, 0) is 10.0 Å². The Morgan fingerprint density at radius 1 is 1.10 bits per heavy atom. The van der Waals surface area contributed by atoms with E-state index < -0.39 is 27.9 Å². The average Bonchev–Trinajstić information content (AvgIpc) is 3.32. The van der Waals surface area contributed by atoms with Crippen molar-refractivity contribution in [2.45, 2.75) is 24.8 Å². The van der Waals surface area contributed by atoms with E-state index in [1.165, 1.54) is 18.2 Å². The van der Waals surface area contributed by atoms with Crippen LogP contribution in [-0.4, -0.2) is 35.4 Å². The molecule has 0 radical (unpaired) electrons. The van der Waals surface area contributed by atoms with Gasteiger partial charge in [0, 0.05) is 18.0 Å². The largest absolute Gasteiger partial charge is 0.337 e. The Bertz CT molecular complexity index is 1240. The van der Waals surface area contributed by atoms with Gasteiger partial charge in [-0.2, -0.15) is 9.71 Å². The van der Waals surface area contributed by atoms with Crippen LogP contribution in [0.4, 0.5) is 0 Å². The second-order valence-corrected chi connectivity index (χ2v) is 8.75. The molecule has 1 aliphatic rings. The highest BCUT2D eigenvalue weighted by Crippen LogP contribution is 2.26. The van der Waals surface area contributed by atoms with Gasteiger partial charge in [0.2, 0.25) is 21.7 Å². The molecule has 0 fully saturated rings. The second kappa shape index (κ2) is 7.43. The number of benzene rings is 1. The number of pyridine rings is 1. The van der Waals surface area contributed by atoms with Gasteiger partial charge in [-0.05, 0) is 36.2 Å². The van der Waals surface area contributed by atoms with Gasteiger partial charge in [0.05, 0.1) is 16.0 Å². The van der Waals surface area contributed by atoms with Crippen molar-refractivity contribution >= 4 is 21.8 Å². The van der Waals surface area contributed by atoms with Crippen LogP contribution in [0, 0.1) is 5.92 Å². The van der Waals surface area contributed by atoms with Crippen LogP contribution in [0.2, 0.25) is 0 Å². The lowest BCUT2D eigenvalue weighted by Crippen LogP contribution is -2.32. The third-order valence-electron chi connectivity index (χ3n) is 4.59. The fourth-order valence-corrected chi connectivity index (χ4v) is 4.36. The zero-order valence-electron chi connectivity index (χ0n) is 16.0. The first-order valence-electron chi connectivity index (χ1n) is 9.02. The average molecular weight is 427 g/mol. The van der Waals surface area contributed by atoms with Crippen molar-refractivity contribution in [3.63, 3.8) is 0 Å². The first-order valence-corrected chi connectivity index (χ1v) is 10.5. The predicted octanol–water partition coefficient (Wildman–Crippen LogP) is 1.69. The summed E-state index contributed by atoms with van der Waals surface area (Å²) in [6.07, 6.45) is 3.18. The molecule has 2 N–H and O–H groups in total. The van der Waals surface area contributed by atoms with Crippen LogP contribution in [0.5, 0.6) is 0 Å². The van der Waals surface area contributed by atoms with Crippen LogP contribution in [0.1, 0.15) is 46.5 Å². The van der Waals surface area contributed by atoms with E-state index >= 15 is 0 Å². The Morgan fingerprint density at radius 3 is 2.57 bits per heavy atom. The number of aromatic nitrogens is 3. The van der Waals surface area contributed by atoms with Crippen molar-refractivity contribution in [1.29, 1.82) is 0 Å². The fourth-order valence-electron chi connectivity index (χ4n) is 2.99. The Kier molecular flexibility index (Phi) is 4.92. The van der Waals surface area contributed by atoms with Crippen LogP contribution in [0.3, 0.4) is 0 Å². The molecule has 3 aromatic rings. The summed E-state index contributed by atoms with van der Waals surface area (Å²) in [6.45, 7) is 3.60. The Morgan fingerprint density at radius 2 is 1.87 bits per heavy atom. The van der Waals surface area contributed by atoms with Gasteiger partial charge >= 0.3 is 0 Å². The van der Waals surface area contributed by atoms with E-state index in [0.29, 0.717) is 5.56 Å². The number of hydrogen-bond acceptors (Lipinski definition) is 8. The summed E-state index contributed by atoms with van der Waals surface area (Å²) in [6, 6.07) is 6.42. The molecule has 11 heteroatoms. The molecule has 0 bridgehead atoms. The van der Waals surface area contributed by atoms with E-state index in [2.05, 4.69) is 25.2 Å². The van der Waals surface area contributed by atoms with E-state index in [0.717, 1.165) is 0 Å². The minimum absolute atomic E-state index is 0.0145. The fraction of sp³-hybridized carbons (Fsp3) is 0.211. The second-order valence-electron chi connectivity index (χ2n) is 7.03. The number of amides is 2. The summed E-state index contributed by atoms with van der Waals surface area (Å²) in [5, 5.41) is 6.04. The summed E-state index contributed by atoms with van der Waals surface area (Å²) in [7, 11) is -4.05. The predicted molar refractivity (Wildman–Crippen MR) is 104 cm³/mol. The van der Waals surface area contributed by atoms with Crippen molar-refractivity contribution in [3.05, 3.63) is 59.7 Å². The maximum atomic E-state index is 13.0. The molecule has 2 aromatic heterocycles. The standard InChI is InChI=1S/C19H17N5O5S/c1-10(2)15(19-21-16(23-29-19)11-4-3-7-20-9-11)24-30(27,28)12-5-6-13-14(8-12)18(26)22-17(13)25/h3-10,15,24H,1-2H3,(H,22,25,26). The molecular weight excluding hydrogens is 410 g/mol. The summed E-state index contributed by atoms with van der Waals surface area (Å²) < 4.78 is 33.8. The van der Waals surface area contributed by atoms with Crippen LogP contribution in [0.15, 0.2) is 52.1 Å². The molecule has 0 aliphatic carbocycles. The first kappa shape index (κ1) is 19.9. The number of nitrogens with zero attached hydrogens (tertiary/aromatic N) is 3.